The van der Waals surface area contributed by atoms with Gasteiger partial charge in [0, 0.05) is 0 Å². The summed E-state index contributed by atoms with van der Waals surface area (Å²) in [4.78, 5) is 0. The van der Waals surface area contributed by atoms with E-state index >= 15 is 0 Å². The largest absolute Gasteiger partial charge is 2.00 e. The van der Waals surface area contributed by atoms with Gasteiger partial charge in [-0.15, -0.1) is 0 Å². The van der Waals surface area contributed by atoms with E-state index in [-0.39, 0.29) is 22.4 Å². The van der Waals surface area contributed by atoms with E-state index < -0.39 is 14.5 Å². The summed E-state index contributed by atoms with van der Waals surface area (Å²) in [5.74, 6) is 0. The second-order valence-corrected chi connectivity index (χ2v) is 1.06. The van der Waals surface area contributed by atoms with Crippen molar-refractivity contribution in [3.63, 3.8) is 0 Å². The molecular formula is AgO3Se. The minimum Gasteiger partial charge on any atom is 2.00 e. The van der Waals surface area contributed by atoms with Crippen molar-refractivity contribution >= 4 is 14.5 Å². The molecule has 0 atom stereocenters. The Morgan fingerprint density at radius 1 is 1.40 bits per heavy atom. The predicted octanol–water partition coefficient (Wildman–Crippen LogP) is -2.88. The Labute approximate surface area is 49.2 Å². The molecular weight excluding hydrogens is 235 g/mol. The Hall–Kier alpha value is 0.980. The van der Waals surface area contributed by atoms with E-state index in [0.29, 0.717) is 0 Å². The summed E-state index contributed by atoms with van der Waals surface area (Å²) in [6.07, 6.45) is 0. The van der Waals surface area contributed by atoms with E-state index in [1.807, 2.05) is 0 Å². The summed E-state index contributed by atoms with van der Waals surface area (Å²) >= 11 is -3.79. The second kappa shape index (κ2) is 4.98. The van der Waals surface area contributed by atoms with Gasteiger partial charge in [-0.3, -0.25) is 0 Å². The first kappa shape index (κ1) is 9.36. The molecule has 0 spiro atoms. The number of hydrogen-bond acceptors (Lipinski definition) is 3. The fourth-order valence-corrected chi connectivity index (χ4v) is 0. The SMILES string of the molecule is O=[Se]([O-])[O-].[Ag+2]. The van der Waals surface area contributed by atoms with Crippen LogP contribution < -0.4 is 8.38 Å². The van der Waals surface area contributed by atoms with Gasteiger partial charge in [0.05, 0.1) is 0 Å². The van der Waals surface area contributed by atoms with Gasteiger partial charge in [-0.05, 0) is 0 Å². The predicted molar refractivity (Wildman–Crippen MR) is 6.44 cm³/mol. The molecule has 0 aliphatic carbocycles. The Kier molecular flexibility index (Phi) is 9.32. The first-order valence-corrected chi connectivity index (χ1v) is 2.60. The summed E-state index contributed by atoms with van der Waals surface area (Å²) in [6.45, 7) is 0. The molecule has 0 saturated carbocycles. The molecule has 0 aromatic heterocycles. The minimum atomic E-state index is -3.79. The summed E-state index contributed by atoms with van der Waals surface area (Å²) < 4.78 is 25.6. The molecule has 0 saturated heterocycles. The van der Waals surface area contributed by atoms with Crippen molar-refractivity contribution < 1.29 is 34.6 Å². The second-order valence-electron chi connectivity index (χ2n) is 0.204. The summed E-state index contributed by atoms with van der Waals surface area (Å²) in [5, 5.41) is 0. The maximum absolute atomic E-state index is 8.54. The van der Waals surface area contributed by atoms with Crippen LogP contribution in [0.2, 0.25) is 0 Å². The van der Waals surface area contributed by atoms with Crippen molar-refractivity contribution in [3.8, 4) is 0 Å². The Morgan fingerprint density at radius 3 is 1.40 bits per heavy atom. The van der Waals surface area contributed by atoms with Crippen LogP contribution in [0.5, 0.6) is 0 Å². The molecule has 3 nitrogen and oxygen atoms in total. The van der Waals surface area contributed by atoms with Crippen LogP contribution in [0, 0.1) is 0 Å². The van der Waals surface area contributed by atoms with E-state index in [1.165, 1.54) is 0 Å². The fourth-order valence-electron chi connectivity index (χ4n) is 0. The van der Waals surface area contributed by atoms with E-state index in [0.717, 1.165) is 0 Å². The molecule has 0 fully saturated rings. The molecule has 5 heavy (non-hydrogen) atoms. The van der Waals surface area contributed by atoms with Crippen molar-refractivity contribution in [2.45, 2.75) is 0 Å². The molecule has 0 aromatic carbocycles. The van der Waals surface area contributed by atoms with Gasteiger partial charge in [-0.2, -0.15) is 0 Å². The monoisotopic (exact) mass is 235 g/mol. The van der Waals surface area contributed by atoms with Crippen LogP contribution in [-0.2, 0) is 26.2 Å². The third-order valence-electron chi connectivity index (χ3n) is 0. The Balaban J connectivity index is 0. The van der Waals surface area contributed by atoms with Crippen molar-refractivity contribution in [3.05, 3.63) is 0 Å². The number of rotatable bonds is 0. The van der Waals surface area contributed by atoms with Crippen LogP contribution in [0.15, 0.2) is 0 Å². The zero-order chi connectivity index (χ0) is 3.58. The number of hydrogen-bond donors (Lipinski definition) is 0. The molecule has 0 bridgehead atoms. The van der Waals surface area contributed by atoms with Gasteiger partial charge in [0.25, 0.3) is 0 Å². The first-order valence-electron chi connectivity index (χ1n) is 0.500. The molecule has 0 amide bonds. The summed E-state index contributed by atoms with van der Waals surface area (Å²) in [7, 11) is 0. The van der Waals surface area contributed by atoms with Crippen molar-refractivity contribution in [1.82, 2.24) is 0 Å². The van der Waals surface area contributed by atoms with E-state index in [4.69, 9.17) is 12.2 Å². The molecule has 0 heterocycles. The topological polar surface area (TPSA) is 63.2 Å². The van der Waals surface area contributed by atoms with E-state index in [1.54, 1.807) is 0 Å². The van der Waals surface area contributed by atoms with Crippen LogP contribution in [0.1, 0.15) is 0 Å². The zero-order valence-corrected chi connectivity index (χ0v) is 5.13. The molecule has 0 N–H and O–H groups in total. The van der Waals surface area contributed by atoms with Crippen molar-refractivity contribution in [2.24, 2.45) is 0 Å². The smallest absolute Gasteiger partial charge is 2.00 e. The molecule has 35 valence electrons. The van der Waals surface area contributed by atoms with Gasteiger partial charge in [0.1, 0.15) is 0 Å². The van der Waals surface area contributed by atoms with Gasteiger partial charge < -0.3 is 0 Å². The molecule has 0 aliphatic heterocycles. The van der Waals surface area contributed by atoms with Crippen LogP contribution in [0.4, 0.5) is 0 Å². The maximum Gasteiger partial charge on any atom is 2.00 e. The summed E-state index contributed by atoms with van der Waals surface area (Å²) in [5.41, 5.74) is 0. The average Bonchev–Trinajstić information content (AvgIpc) is 0.811. The minimum absolute atomic E-state index is 0. The van der Waals surface area contributed by atoms with Gasteiger partial charge in [0.2, 0.25) is 0 Å². The summed E-state index contributed by atoms with van der Waals surface area (Å²) in [6, 6.07) is 0. The maximum atomic E-state index is 8.54. The van der Waals surface area contributed by atoms with Crippen LogP contribution in [0.3, 0.4) is 0 Å². The van der Waals surface area contributed by atoms with Gasteiger partial charge in [-0.25, -0.2) is 0 Å². The van der Waals surface area contributed by atoms with Crippen molar-refractivity contribution in [1.29, 1.82) is 0 Å². The third-order valence-corrected chi connectivity index (χ3v) is 0. The van der Waals surface area contributed by atoms with E-state index in [9.17, 15) is 0 Å². The van der Waals surface area contributed by atoms with Gasteiger partial charge in [0.15, 0.2) is 0 Å². The standard InChI is InChI=1S/Ag.H2O3Se/c;1-4(2)3/h;(H2,1,2,3)/q+2;/p-2. The molecule has 1 radical (unpaired) electrons. The fraction of sp³-hybridized carbons (Fsp3) is 0. The molecule has 0 aromatic rings. The zero-order valence-electron chi connectivity index (χ0n) is 1.93. The van der Waals surface area contributed by atoms with Crippen LogP contribution in [-0.4, -0.2) is 14.5 Å². The molecule has 5 heteroatoms. The molecule has 0 rings (SSSR count). The van der Waals surface area contributed by atoms with Crippen LogP contribution in [0.25, 0.3) is 0 Å². The van der Waals surface area contributed by atoms with Gasteiger partial charge in [-0.1, -0.05) is 0 Å². The molecule has 0 aliphatic rings. The van der Waals surface area contributed by atoms with E-state index in [2.05, 4.69) is 0 Å². The Morgan fingerprint density at radius 2 is 1.40 bits per heavy atom. The third kappa shape index (κ3) is 46.1. The van der Waals surface area contributed by atoms with Crippen LogP contribution >= 0.6 is 0 Å². The van der Waals surface area contributed by atoms with Crippen molar-refractivity contribution in [2.75, 3.05) is 0 Å². The molecule has 0 unspecified atom stereocenters. The average molecular weight is 235 g/mol. The quantitative estimate of drug-likeness (QED) is 0.423. The van der Waals surface area contributed by atoms with Gasteiger partial charge >= 0.3 is 49.1 Å². The Bertz CT molecular complexity index is 29.9. The normalized spacial score (nSPS) is 7.00. The first-order chi connectivity index (χ1) is 1.73.